The third kappa shape index (κ3) is 6.19. The predicted octanol–water partition coefficient (Wildman–Crippen LogP) is 1.91. The van der Waals surface area contributed by atoms with Gasteiger partial charge in [0.2, 0.25) is 0 Å². The lowest BCUT2D eigenvalue weighted by atomic mass is 10.1. The van der Waals surface area contributed by atoms with E-state index in [-0.39, 0.29) is 24.0 Å². The number of hydrogen-bond acceptors (Lipinski definition) is 4. The minimum atomic E-state index is -0.430. The molecule has 7 heteroatoms. The number of guanidine groups is 1. The molecule has 0 unspecified atom stereocenters. The fourth-order valence-corrected chi connectivity index (χ4v) is 1.60. The summed E-state index contributed by atoms with van der Waals surface area (Å²) in [7, 11) is 2.84. The van der Waals surface area contributed by atoms with Gasteiger partial charge in [0, 0.05) is 6.54 Å². The van der Waals surface area contributed by atoms with Crippen LogP contribution in [-0.4, -0.2) is 32.7 Å². The minimum Gasteiger partial charge on any atom is -0.496 e. The predicted molar refractivity (Wildman–Crippen MR) is 93.4 cm³/mol. The molecule has 0 spiro atoms. The first kappa shape index (κ1) is 19.5. The number of hydrogen-bond donors (Lipinski definition) is 2. The van der Waals surface area contributed by atoms with Crippen molar-refractivity contribution in [3.63, 3.8) is 0 Å². The Bertz CT molecular complexity index is 492. The third-order valence-electron chi connectivity index (χ3n) is 2.66. The number of benzene rings is 1. The summed E-state index contributed by atoms with van der Waals surface area (Å²) in [5.41, 5.74) is 7.00. The van der Waals surface area contributed by atoms with Crippen molar-refractivity contribution in [3.05, 3.63) is 29.3 Å². The highest BCUT2D eigenvalue weighted by molar-refractivity contribution is 14.0. The zero-order chi connectivity index (χ0) is 15.0. The van der Waals surface area contributed by atoms with Gasteiger partial charge in [-0.3, -0.25) is 0 Å². The van der Waals surface area contributed by atoms with Gasteiger partial charge < -0.3 is 20.5 Å². The van der Waals surface area contributed by atoms with Gasteiger partial charge in [-0.15, -0.1) is 24.0 Å². The van der Waals surface area contributed by atoms with Gasteiger partial charge in [-0.1, -0.05) is 13.0 Å². The number of aliphatic imine (C=N–C) groups is 1. The molecule has 0 heterocycles. The Morgan fingerprint density at radius 1 is 1.38 bits per heavy atom. The van der Waals surface area contributed by atoms with E-state index >= 15 is 0 Å². The van der Waals surface area contributed by atoms with Crippen molar-refractivity contribution in [1.82, 2.24) is 5.32 Å². The fourth-order valence-electron chi connectivity index (χ4n) is 1.60. The Balaban J connectivity index is 0.00000400. The summed E-state index contributed by atoms with van der Waals surface area (Å²) in [4.78, 5) is 15.7. The van der Waals surface area contributed by atoms with Crippen LogP contribution in [0.1, 0.15) is 29.3 Å². The summed E-state index contributed by atoms with van der Waals surface area (Å²) in [5, 5.41) is 2.99. The molecular formula is C14H22IN3O3. The lowest BCUT2D eigenvalue weighted by Gasteiger charge is -2.08. The molecule has 0 aliphatic rings. The van der Waals surface area contributed by atoms with Crippen molar-refractivity contribution in [3.8, 4) is 5.75 Å². The highest BCUT2D eigenvalue weighted by atomic mass is 127. The maximum atomic E-state index is 11.5. The average Bonchev–Trinajstić information content (AvgIpc) is 2.49. The molecule has 0 saturated carbocycles. The molecule has 0 atom stereocenters. The molecule has 0 aromatic heterocycles. The Hall–Kier alpha value is -1.51. The van der Waals surface area contributed by atoms with Gasteiger partial charge >= 0.3 is 5.97 Å². The van der Waals surface area contributed by atoms with E-state index in [1.54, 1.807) is 18.2 Å². The average molecular weight is 407 g/mol. The smallest absolute Gasteiger partial charge is 0.341 e. The Labute approximate surface area is 142 Å². The molecule has 1 aromatic rings. The van der Waals surface area contributed by atoms with E-state index in [4.69, 9.17) is 10.5 Å². The van der Waals surface area contributed by atoms with Gasteiger partial charge in [0.05, 0.1) is 20.8 Å². The molecule has 0 saturated heterocycles. The van der Waals surface area contributed by atoms with Gasteiger partial charge in [-0.25, -0.2) is 9.79 Å². The van der Waals surface area contributed by atoms with Gasteiger partial charge in [0.25, 0.3) is 0 Å². The Morgan fingerprint density at radius 2 is 2.10 bits per heavy atom. The molecule has 0 bridgehead atoms. The highest BCUT2D eigenvalue weighted by Crippen LogP contribution is 2.21. The molecule has 0 aliphatic carbocycles. The molecule has 6 nitrogen and oxygen atoms in total. The van der Waals surface area contributed by atoms with E-state index < -0.39 is 5.97 Å². The lowest BCUT2D eigenvalue weighted by Crippen LogP contribution is -2.32. The van der Waals surface area contributed by atoms with Crippen molar-refractivity contribution in [2.24, 2.45) is 10.7 Å². The monoisotopic (exact) mass is 407 g/mol. The zero-order valence-corrected chi connectivity index (χ0v) is 14.8. The normalized spacial score (nSPS) is 10.5. The summed E-state index contributed by atoms with van der Waals surface area (Å²) in [6, 6.07) is 5.21. The molecule has 0 fully saturated rings. The lowest BCUT2D eigenvalue weighted by molar-refractivity contribution is 0.0597. The van der Waals surface area contributed by atoms with Crippen LogP contribution in [0.3, 0.4) is 0 Å². The van der Waals surface area contributed by atoms with E-state index in [0.29, 0.717) is 23.8 Å². The topological polar surface area (TPSA) is 85.9 Å². The number of methoxy groups -OCH3 is 2. The number of nitrogens with one attached hydrogen (secondary N) is 1. The standard InChI is InChI=1S/C14H21N3O3.HI/c1-4-7-16-14(15)17-9-10-5-6-11(13(18)20-3)12(8-10)19-2;/h5-6,8H,4,7,9H2,1-3H3,(H3,15,16,17);1H. The SMILES string of the molecule is CCCNC(N)=NCc1ccc(C(=O)OC)c(OC)c1.I. The number of rotatable bonds is 6. The summed E-state index contributed by atoms with van der Waals surface area (Å²) in [5.74, 6) is 0.438. The molecule has 1 aromatic carbocycles. The van der Waals surface area contributed by atoms with Crippen LogP contribution in [0.25, 0.3) is 0 Å². The van der Waals surface area contributed by atoms with Crippen molar-refractivity contribution in [1.29, 1.82) is 0 Å². The van der Waals surface area contributed by atoms with Crippen molar-refractivity contribution in [2.75, 3.05) is 20.8 Å². The first-order valence-corrected chi connectivity index (χ1v) is 6.41. The van der Waals surface area contributed by atoms with Crippen LogP contribution < -0.4 is 15.8 Å². The second-order valence-electron chi connectivity index (χ2n) is 4.15. The first-order valence-electron chi connectivity index (χ1n) is 6.41. The maximum absolute atomic E-state index is 11.5. The second kappa shape index (κ2) is 10.3. The first-order chi connectivity index (χ1) is 9.62. The van der Waals surface area contributed by atoms with Crippen LogP contribution in [0, 0.1) is 0 Å². The number of nitrogens with two attached hydrogens (primary N) is 1. The van der Waals surface area contributed by atoms with E-state index in [0.717, 1.165) is 18.5 Å². The fraction of sp³-hybridized carbons (Fsp3) is 0.429. The molecule has 21 heavy (non-hydrogen) atoms. The number of carbonyl (C=O) groups excluding carboxylic acids is 1. The van der Waals surface area contributed by atoms with Crippen molar-refractivity contribution in [2.45, 2.75) is 19.9 Å². The van der Waals surface area contributed by atoms with Crippen LogP contribution in [-0.2, 0) is 11.3 Å². The molecular weight excluding hydrogens is 385 g/mol. The second-order valence-corrected chi connectivity index (χ2v) is 4.15. The third-order valence-corrected chi connectivity index (χ3v) is 2.66. The molecule has 0 radical (unpaired) electrons. The zero-order valence-electron chi connectivity index (χ0n) is 12.5. The molecule has 0 aliphatic heterocycles. The summed E-state index contributed by atoms with van der Waals surface area (Å²) >= 11 is 0. The summed E-state index contributed by atoms with van der Waals surface area (Å²) < 4.78 is 9.87. The van der Waals surface area contributed by atoms with Gasteiger partial charge in [0.15, 0.2) is 5.96 Å². The van der Waals surface area contributed by atoms with Crippen LogP contribution in [0.5, 0.6) is 5.75 Å². The van der Waals surface area contributed by atoms with Gasteiger partial charge in [0.1, 0.15) is 11.3 Å². The molecule has 0 amide bonds. The quantitative estimate of drug-likeness (QED) is 0.326. The summed E-state index contributed by atoms with van der Waals surface area (Å²) in [6.45, 7) is 3.26. The van der Waals surface area contributed by atoms with E-state index in [2.05, 4.69) is 22.0 Å². The van der Waals surface area contributed by atoms with Crippen LogP contribution in [0.15, 0.2) is 23.2 Å². The van der Waals surface area contributed by atoms with E-state index in [9.17, 15) is 4.79 Å². The number of carbonyl (C=O) groups is 1. The number of nitrogens with zero attached hydrogens (tertiary/aromatic N) is 1. The van der Waals surface area contributed by atoms with Crippen molar-refractivity contribution >= 4 is 35.9 Å². The van der Waals surface area contributed by atoms with E-state index in [1.165, 1.54) is 14.2 Å². The van der Waals surface area contributed by atoms with Crippen molar-refractivity contribution < 1.29 is 14.3 Å². The van der Waals surface area contributed by atoms with E-state index in [1.807, 2.05) is 0 Å². The van der Waals surface area contributed by atoms with Gasteiger partial charge in [-0.05, 0) is 24.1 Å². The highest BCUT2D eigenvalue weighted by Gasteiger charge is 2.12. The van der Waals surface area contributed by atoms with Crippen LogP contribution >= 0.6 is 24.0 Å². The Morgan fingerprint density at radius 3 is 2.67 bits per heavy atom. The Kier molecular flexibility index (Phi) is 9.51. The molecule has 3 N–H and O–H groups in total. The van der Waals surface area contributed by atoms with Crippen LogP contribution in [0.4, 0.5) is 0 Å². The summed E-state index contributed by atoms with van der Waals surface area (Å²) in [6.07, 6.45) is 0.984. The largest absolute Gasteiger partial charge is 0.496 e. The minimum absolute atomic E-state index is 0. The maximum Gasteiger partial charge on any atom is 0.341 e. The number of esters is 1. The van der Waals surface area contributed by atoms with Gasteiger partial charge in [-0.2, -0.15) is 0 Å². The van der Waals surface area contributed by atoms with Crippen LogP contribution in [0.2, 0.25) is 0 Å². The number of halogens is 1. The molecule has 1 rings (SSSR count). The number of ether oxygens (including phenoxy) is 2. The molecule has 118 valence electrons.